The lowest BCUT2D eigenvalue weighted by Gasteiger charge is -2.16. The Bertz CT molecular complexity index is 1210. The van der Waals surface area contributed by atoms with Gasteiger partial charge in [-0.25, -0.2) is 8.42 Å². The highest BCUT2D eigenvalue weighted by Crippen LogP contribution is 2.28. The molecule has 1 aromatic heterocycles. The van der Waals surface area contributed by atoms with Gasteiger partial charge in [0.25, 0.3) is 10.0 Å². The van der Waals surface area contributed by atoms with Gasteiger partial charge < -0.3 is 5.32 Å². The number of hydrogen-bond acceptors (Lipinski definition) is 4. The number of halogens is 2. The van der Waals surface area contributed by atoms with E-state index in [0.29, 0.717) is 10.7 Å². The second-order valence-electron chi connectivity index (χ2n) is 6.79. The van der Waals surface area contributed by atoms with E-state index in [1.54, 1.807) is 23.7 Å². The van der Waals surface area contributed by atoms with E-state index in [1.165, 1.54) is 30.3 Å². The Morgan fingerprint density at radius 1 is 1.10 bits per heavy atom. The molecule has 1 heterocycles. The van der Waals surface area contributed by atoms with Crippen molar-refractivity contribution < 1.29 is 13.2 Å². The number of nitrogens with one attached hydrogen (secondary N) is 2. The quantitative estimate of drug-likeness (QED) is 0.544. The van der Waals surface area contributed by atoms with Gasteiger partial charge in [0.2, 0.25) is 5.91 Å². The first-order valence-corrected chi connectivity index (χ1v) is 11.2. The number of rotatable bonds is 6. The number of aryl methyl sites for hydroxylation is 2. The zero-order valence-corrected chi connectivity index (χ0v) is 18.8. The summed E-state index contributed by atoms with van der Waals surface area (Å²) < 4.78 is 29.1. The number of carbonyl (C=O) groups excluding carboxylic acids is 1. The summed E-state index contributed by atoms with van der Waals surface area (Å²) in [6, 6.07) is 11.7. The summed E-state index contributed by atoms with van der Waals surface area (Å²) in [5.74, 6) is -0.296. The minimum absolute atomic E-state index is 0.0298. The molecule has 1 amide bonds. The molecule has 0 aliphatic rings. The highest BCUT2D eigenvalue weighted by atomic mass is 35.5. The SMILES string of the molecule is Cc1cc(C)n(C(C)C(=O)Nc2ccc(NS(=O)(=O)c3cccc(Cl)c3)cc2Cl)n1. The fourth-order valence-electron chi connectivity index (χ4n) is 2.91. The minimum Gasteiger partial charge on any atom is -0.323 e. The third-order valence-electron chi connectivity index (χ3n) is 4.38. The molecular formula is C20H20Cl2N4O3S. The van der Waals surface area contributed by atoms with Crippen LogP contribution in [0, 0.1) is 13.8 Å². The highest BCUT2D eigenvalue weighted by molar-refractivity contribution is 7.92. The summed E-state index contributed by atoms with van der Waals surface area (Å²) >= 11 is 12.1. The Morgan fingerprint density at radius 3 is 2.43 bits per heavy atom. The highest BCUT2D eigenvalue weighted by Gasteiger charge is 2.20. The molecule has 1 unspecified atom stereocenters. The van der Waals surface area contributed by atoms with E-state index in [2.05, 4.69) is 15.1 Å². The van der Waals surface area contributed by atoms with Gasteiger partial charge >= 0.3 is 0 Å². The van der Waals surface area contributed by atoms with Crippen LogP contribution in [0.4, 0.5) is 11.4 Å². The molecule has 0 fully saturated rings. The Morgan fingerprint density at radius 2 is 1.83 bits per heavy atom. The number of benzene rings is 2. The number of nitrogens with zero attached hydrogens (tertiary/aromatic N) is 2. The molecule has 158 valence electrons. The molecule has 2 N–H and O–H groups in total. The van der Waals surface area contributed by atoms with Gasteiger partial charge in [0.05, 0.1) is 27.0 Å². The fraction of sp³-hybridized carbons (Fsp3) is 0.200. The van der Waals surface area contributed by atoms with Crippen molar-refractivity contribution in [3.63, 3.8) is 0 Å². The van der Waals surface area contributed by atoms with Gasteiger partial charge in [0, 0.05) is 10.7 Å². The molecule has 30 heavy (non-hydrogen) atoms. The molecular weight excluding hydrogens is 447 g/mol. The second kappa shape index (κ2) is 8.67. The molecule has 0 aliphatic carbocycles. The molecule has 0 aliphatic heterocycles. The summed E-state index contributed by atoms with van der Waals surface area (Å²) in [6.07, 6.45) is 0. The monoisotopic (exact) mass is 466 g/mol. The van der Waals surface area contributed by atoms with Crippen molar-refractivity contribution in [1.82, 2.24) is 9.78 Å². The average Bonchev–Trinajstić information content (AvgIpc) is 3.01. The molecule has 0 saturated heterocycles. The normalized spacial score (nSPS) is 12.4. The first-order chi connectivity index (χ1) is 14.1. The fourth-order valence-corrected chi connectivity index (χ4v) is 4.49. The topological polar surface area (TPSA) is 93.1 Å². The Hall–Kier alpha value is -2.55. The maximum atomic E-state index is 12.6. The van der Waals surface area contributed by atoms with Gasteiger partial charge in [-0.3, -0.25) is 14.2 Å². The van der Waals surface area contributed by atoms with E-state index in [4.69, 9.17) is 23.2 Å². The van der Waals surface area contributed by atoms with E-state index >= 15 is 0 Å². The molecule has 3 aromatic rings. The Kier molecular flexibility index (Phi) is 6.40. The van der Waals surface area contributed by atoms with Crippen molar-refractivity contribution in [2.24, 2.45) is 0 Å². The molecule has 7 nitrogen and oxygen atoms in total. The van der Waals surface area contributed by atoms with Crippen LogP contribution in [0.5, 0.6) is 0 Å². The summed E-state index contributed by atoms with van der Waals surface area (Å²) in [5, 5.41) is 7.57. The van der Waals surface area contributed by atoms with Crippen LogP contribution in [0.2, 0.25) is 10.0 Å². The first kappa shape index (κ1) is 22.1. The standard InChI is InChI=1S/C20H20Cl2N4O3S/c1-12-9-13(2)26(24-12)14(3)20(27)23-19-8-7-16(11-18(19)22)25-30(28,29)17-6-4-5-15(21)10-17/h4-11,14,25H,1-3H3,(H,23,27). The Labute approximate surface area is 185 Å². The van der Waals surface area contributed by atoms with Gasteiger partial charge in [-0.2, -0.15) is 5.10 Å². The van der Waals surface area contributed by atoms with E-state index in [0.717, 1.165) is 11.4 Å². The molecule has 0 spiro atoms. The summed E-state index contributed by atoms with van der Waals surface area (Å²) in [5.41, 5.74) is 2.30. The van der Waals surface area contributed by atoms with Crippen molar-refractivity contribution in [3.05, 3.63) is 70.0 Å². The summed E-state index contributed by atoms with van der Waals surface area (Å²) in [4.78, 5) is 12.6. The third-order valence-corrected chi connectivity index (χ3v) is 6.30. The van der Waals surface area contributed by atoms with E-state index < -0.39 is 16.1 Å². The third kappa shape index (κ3) is 4.95. The van der Waals surface area contributed by atoms with Crippen LogP contribution in [0.15, 0.2) is 53.4 Å². The van der Waals surface area contributed by atoms with Crippen molar-refractivity contribution in [3.8, 4) is 0 Å². The number of hydrogen-bond donors (Lipinski definition) is 2. The first-order valence-electron chi connectivity index (χ1n) is 8.98. The van der Waals surface area contributed by atoms with Crippen molar-refractivity contribution in [2.45, 2.75) is 31.7 Å². The molecule has 3 rings (SSSR count). The molecule has 0 bridgehead atoms. The van der Waals surface area contributed by atoms with Crippen LogP contribution in [-0.2, 0) is 14.8 Å². The second-order valence-corrected chi connectivity index (χ2v) is 9.32. The Balaban J connectivity index is 1.75. The van der Waals surface area contributed by atoms with E-state index in [9.17, 15) is 13.2 Å². The average molecular weight is 467 g/mol. The number of aromatic nitrogens is 2. The number of carbonyl (C=O) groups is 1. The summed E-state index contributed by atoms with van der Waals surface area (Å²) in [6.45, 7) is 5.46. The predicted octanol–water partition coefficient (Wildman–Crippen LogP) is 4.81. The maximum absolute atomic E-state index is 12.6. The van der Waals surface area contributed by atoms with Crippen LogP contribution in [0.25, 0.3) is 0 Å². The van der Waals surface area contributed by atoms with Crippen LogP contribution >= 0.6 is 23.2 Å². The lowest BCUT2D eigenvalue weighted by atomic mass is 10.2. The lowest BCUT2D eigenvalue weighted by Crippen LogP contribution is -2.25. The number of anilines is 2. The predicted molar refractivity (Wildman–Crippen MR) is 119 cm³/mol. The van der Waals surface area contributed by atoms with Gasteiger partial charge in [0.1, 0.15) is 6.04 Å². The largest absolute Gasteiger partial charge is 0.323 e. The maximum Gasteiger partial charge on any atom is 0.261 e. The van der Waals surface area contributed by atoms with Crippen molar-refractivity contribution in [1.29, 1.82) is 0 Å². The lowest BCUT2D eigenvalue weighted by molar-refractivity contribution is -0.119. The molecule has 2 aromatic carbocycles. The molecule has 0 saturated carbocycles. The van der Waals surface area contributed by atoms with Crippen LogP contribution < -0.4 is 10.0 Å². The summed E-state index contributed by atoms with van der Waals surface area (Å²) in [7, 11) is -3.83. The number of sulfonamides is 1. The molecule has 10 heteroatoms. The minimum atomic E-state index is -3.83. The van der Waals surface area contributed by atoms with E-state index in [-0.39, 0.29) is 21.5 Å². The molecule has 0 radical (unpaired) electrons. The van der Waals surface area contributed by atoms with Gasteiger partial charge in [-0.15, -0.1) is 0 Å². The van der Waals surface area contributed by atoms with Crippen molar-refractivity contribution in [2.75, 3.05) is 10.0 Å². The smallest absolute Gasteiger partial charge is 0.261 e. The van der Waals surface area contributed by atoms with Crippen LogP contribution in [0.3, 0.4) is 0 Å². The van der Waals surface area contributed by atoms with Crippen molar-refractivity contribution >= 4 is 50.5 Å². The van der Waals surface area contributed by atoms with Gasteiger partial charge in [0.15, 0.2) is 0 Å². The van der Waals surface area contributed by atoms with Crippen LogP contribution in [0.1, 0.15) is 24.4 Å². The van der Waals surface area contributed by atoms with Gasteiger partial charge in [-0.1, -0.05) is 29.3 Å². The van der Waals surface area contributed by atoms with E-state index in [1.807, 2.05) is 19.9 Å². The zero-order chi connectivity index (χ0) is 22.1. The zero-order valence-electron chi connectivity index (χ0n) is 16.5. The van der Waals surface area contributed by atoms with Gasteiger partial charge in [-0.05, 0) is 63.2 Å². The molecule has 1 atom stereocenters. The number of amides is 1. The van der Waals surface area contributed by atoms with Crippen LogP contribution in [-0.4, -0.2) is 24.1 Å².